The lowest BCUT2D eigenvalue weighted by Crippen LogP contribution is -2.31. The predicted octanol–water partition coefficient (Wildman–Crippen LogP) is 0.917. The quantitative estimate of drug-likeness (QED) is 0.681. The predicted molar refractivity (Wildman–Crippen MR) is 64.3 cm³/mol. The highest BCUT2D eigenvalue weighted by molar-refractivity contribution is 5.75. The highest BCUT2D eigenvalue weighted by Gasteiger charge is 2.15. The normalized spacial score (nSPS) is 20.3. The molecule has 1 unspecified atom stereocenters. The van der Waals surface area contributed by atoms with Crippen LogP contribution in [0.4, 0.5) is 0 Å². The summed E-state index contributed by atoms with van der Waals surface area (Å²) in [4.78, 5) is 11.4. The van der Waals surface area contributed by atoms with Crippen molar-refractivity contribution in [2.24, 2.45) is 5.92 Å². The monoisotopic (exact) mass is 228 g/mol. The summed E-state index contributed by atoms with van der Waals surface area (Å²) in [5, 5.41) is 6.18. The van der Waals surface area contributed by atoms with Gasteiger partial charge in [0.05, 0.1) is 0 Å². The van der Waals surface area contributed by atoms with E-state index in [1.807, 2.05) is 0 Å². The first-order valence-electron chi connectivity index (χ1n) is 6.26. The number of hydrogen-bond acceptors (Lipinski definition) is 3. The van der Waals surface area contributed by atoms with E-state index in [0.29, 0.717) is 18.4 Å². The van der Waals surface area contributed by atoms with Gasteiger partial charge in [-0.25, -0.2) is 0 Å². The Morgan fingerprint density at radius 3 is 2.88 bits per heavy atom. The third-order valence-electron chi connectivity index (χ3n) is 2.80. The SMILES string of the molecule is CC(C)NCCC(=O)NCCC1CCOC1. The van der Waals surface area contributed by atoms with Gasteiger partial charge in [-0.1, -0.05) is 13.8 Å². The van der Waals surface area contributed by atoms with Crippen LogP contribution in [0, 0.1) is 5.92 Å². The van der Waals surface area contributed by atoms with Gasteiger partial charge in [0.1, 0.15) is 0 Å². The van der Waals surface area contributed by atoms with E-state index < -0.39 is 0 Å². The first kappa shape index (κ1) is 13.5. The molecule has 0 aromatic heterocycles. The van der Waals surface area contributed by atoms with Crippen molar-refractivity contribution < 1.29 is 9.53 Å². The van der Waals surface area contributed by atoms with Crippen molar-refractivity contribution in [1.82, 2.24) is 10.6 Å². The van der Waals surface area contributed by atoms with Crippen molar-refractivity contribution in [2.75, 3.05) is 26.3 Å². The standard InChI is InChI=1S/C12H24N2O2/c1-10(2)13-7-4-12(15)14-6-3-11-5-8-16-9-11/h10-11,13H,3-9H2,1-2H3,(H,14,15). The molecule has 0 saturated carbocycles. The minimum Gasteiger partial charge on any atom is -0.381 e. The molecule has 0 aromatic rings. The first-order chi connectivity index (χ1) is 7.68. The lowest BCUT2D eigenvalue weighted by atomic mass is 10.1. The van der Waals surface area contributed by atoms with Gasteiger partial charge < -0.3 is 15.4 Å². The van der Waals surface area contributed by atoms with Crippen molar-refractivity contribution in [3.05, 3.63) is 0 Å². The second-order valence-electron chi connectivity index (χ2n) is 4.73. The highest BCUT2D eigenvalue weighted by Crippen LogP contribution is 2.14. The molecule has 1 aliphatic heterocycles. The topological polar surface area (TPSA) is 50.4 Å². The zero-order valence-corrected chi connectivity index (χ0v) is 10.4. The Labute approximate surface area is 98.1 Å². The Balaban J connectivity index is 1.93. The molecule has 0 aromatic carbocycles. The first-order valence-corrected chi connectivity index (χ1v) is 6.26. The van der Waals surface area contributed by atoms with Crippen LogP contribution in [0.15, 0.2) is 0 Å². The van der Waals surface area contributed by atoms with E-state index in [1.165, 1.54) is 0 Å². The van der Waals surface area contributed by atoms with Crippen LogP contribution in [-0.2, 0) is 9.53 Å². The van der Waals surface area contributed by atoms with Crippen LogP contribution in [-0.4, -0.2) is 38.3 Å². The molecule has 1 fully saturated rings. The number of hydrogen-bond donors (Lipinski definition) is 2. The molecular weight excluding hydrogens is 204 g/mol. The van der Waals surface area contributed by atoms with Crippen molar-refractivity contribution in [3.8, 4) is 0 Å². The number of rotatable bonds is 7. The average molecular weight is 228 g/mol. The van der Waals surface area contributed by atoms with E-state index in [-0.39, 0.29) is 5.91 Å². The van der Waals surface area contributed by atoms with E-state index >= 15 is 0 Å². The summed E-state index contributed by atoms with van der Waals surface area (Å²) in [6, 6.07) is 0.448. The van der Waals surface area contributed by atoms with Crippen molar-refractivity contribution in [2.45, 2.75) is 39.2 Å². The molecule has 1 aliphatic rings. The number of ether oxygens (including phenoxy) is 1. The second-order valence-corrected chi connectivity index (χ2v) is 4.73. The van der Waals surface area contributed by atoms with Crippen LogP contribution in [0.2, 0.25) is 0 Å². The maximum Gasteiger partial charge on any atom is 0.221 e. The summed E-state index contributed by atoms with van der Waals surface area (Å²) in [7, 11) is 0. The van der Waals surface area contributed by atoms with Gasteiger partial charge in [-0.3, -0.25) is 4.79 Å². The van der Waals surface area contributed by atoms with Gasteiger partial charge in [-0.2, -0.15) is 0 Å². The lowest BCUT2D eigenvalue weighted by molar-refractivity contribution is -0.121. The smallest absolute Gasteiger partial charge is 0.221 e. The van der Waals surface area contributed by atoms with Gasteiger partial charge in [-0.15, -0.1) is 0 Å². The zero-order chi connectivity index (χ0) is 11.8. The molecule has 1 atom stereocenters. The van der Waals surface area contributed by atoms with Crippen LogP contribution in [0.5, 0.6) is 0 Å². The van der Waals surface area contributed by atoms with E-state index in [0.717, 1.165) is 39.1 Å². The maximum atomic E-state index is 11.4. The molecule has 0 aliphatic carbocycles. The molecule has 16 heavy (non-hydrogen) atoms. The maximum absolute atomic E-state index is 11.4. The average Bonchev–Trinajstić information content (AvgIpc) is 2.70. The molecule has 0 bridgehead atoms. The molecule has 94 valence electrons. The Bertz CT molecular complexity index is 201. The van der Waals surface area contributed by atoms with Crippen LogP contribution >= 0.6 is 0 Å². The van der Waals surface area contributed by atoms with E-state index in [1.54, 1.807) is 0 Å². The molecule has 4 heteroatoms. The second kappa shape index (κ2) is 7.63. The van der Waals surface area contributed by atoms with Gasteiger partial charge in [0, 0.05) is 38.8 Å². The third-order valence-corrected chi connectivity index (χ3v) is 2.80. The Morgan fingerprint density at radius 2 is 2.25 bits per heavy atom. The zero-order valence-electron chi connectivity index (χ0n) is 10.4. The molecule has 1 rings (SSSR count). The van der Waals surface area contributed by atoms with E-state index in [4.69, 9.17) is 4.74 Å². The summed E-state index contributed by atoms with van der Waals surface area (Å²) >= 11 is 0. The van der Waals surface area contributed by atoms with Crippen molar-refractivity contribution in [1.29, 1.82) is 0 Å². The van der Waals surface area contributed by atoms with Crippen LogP contribution in [0.1, 0.15) is 33.1 Å². The molecule has 0 radical (unpaired) electrons. The molecule has 1 saturated heterocycles. The van der Waals surface area contributed by atoms with Crippen LogP contribution in [0.25, 0.3) is 0 Å². The summed E-state index contributed by atoms with van der Waals surface area (Å²) in [6.07, 6.45) is 2.76. The fraction of sp³-hybridized carbons (Fsp3) is 0.917. The fourth-order valence-electron chi connectivity index (χ4n) is 1.79. The summed E-state index contributed by atoms with van der Waals surface area (Å²) < 4.78 is 5.28. The van der Waals surface area contributed by atoms with Crippen LogP contribution < -0.4 is 10.6 Å². The van der Waals surface area contributed by atoms with Gasteiger partial charge in [0.15, 0.2) is 0 Å². The molecular formula is C12H24N2O2. The number of nitrogens with one attached hydrogen (secondary N) is 2. The van der Waals surface area contributed by atoms with Crippen molar-refractivity contribution >= 4 is 5.91 Å². The molecule has 1 heterocycles. The minimum absolute atomic E-state index is 0.145. The van der Waals surface area contributed by atoms with Crippen molar-refractivity contribution in [3.63, 3.8) is 0 Å². The number of amides is 1. The minimum atomic E-state index is 0.145. The lowest BCUT2D eigenvalue weighted by Gasteiger charge is -2.10. The van der Waals surface area contributed by atoms with Gasteiger partial charge >= 0.3 is 0 Å². The Hall–Kier alpha value is -0.610. The number of carbonyl (C=O) groups excluding carboxylic acids is 1. The molecule has 4 nitrogen and oxygen atoms in total. The summed E-state index contributed by atoms with van der Waals surface area (Å²) in [5.74, 6) is 0.793. The van der Waals surface area contributed by atoms with E-state index in [9.17, 15) is 4.79 Å². The van der Waals surface area contributed by atoms with Crippen LogP contribution in [0.3, 0.4) is 0 Å². The third kappa shape index (κ3) is 6.08. The molecule has 1 amide bonds. The van der Waals surface area contributed by atoms with Gasteiger partial charge in [0.25, 0.3) is 0 Å². The van der Waals surface area contributed by atoms with Gasteiger partial charge in [-0.05, 0) is 18.8 Å². The molecule has 0 spiro atoms. The fourth-order valence-corrected chi connectivity index (χ4v) is 1.79. The Kier molecular flexibility index (Phi) is 6.42. The molecule has 2 N–H and O–H groups in total. The summed E-state index contributed by atoms with van der Waals surface area (Å²) in [5.41, 5.74) is 0. The number of carbonyl (C=O) groups is 1. The van der Waals surface area contributed by atoms with E-state index in [2.05, 4.69) is 24.5 Å². The van der Waals surface area contributed by atoms with Gasteiger partial charge in [0.2, 0.25) is 5.91 Å². The highest BCUT2D eigenvalue weighted by atomic mass is 16.5. The Morgan fingerprint density at radius 1 is 1.44 bits per heavy atom. The summed E-state index contributed by atoms with van der Waals surface area (Å²) in [6.45, 7) is 7.46. The largest absolute Gasteiger partial charge is 0.381 e.